The summed E-state index contributed by atoms with van der Waals surface area (Å²) < 4.78 is 2.44. The highest BCUT2D eigenvalue weighted by atomic mass is 79.9. The van der Waals surface area contributed by atoms with E-state index >= 15 is 0 Å². The van der Waals surface area contributed by atoms with Crippen LogP contribution in [0.25, 0.3) is 10.9 Å². The molecule has 1 N–H and O–H groups in total. The molecule has 2 aromatic rings. The summed E-state index contributed by atoms with van der Waals surface area (Å²) in [5, 5.41) is 9.59. The Labute approximate surface area is 107 Å². The molecule has 0 spiro atoms. The first-order valence-electron chi connectivity index (χ1n) is 5.37. The van der Waals surface area contributed by atoms with Gasteiger partial charge in [-0.05, 0) is 24.1 Å². The number of halogens is 1. The van der Waals surface area contributed by atoms with Crippen LogP contribution in [0.4, 0.5) is 0 Å². The molecule has 2 rings (SSSR count). The molecule has 0 fully saturated rings. The number of benzene rings is 1. The van der Waals surface area contributed by atoms with E-state index in [1.54, 1.807) is 6.07 Å². The van der Waals surface area contributed by atoms with Crippen LogP contribution in [0.15, 0.2) is 33.8 Å². The molecular weight excluding hydrogens is 284 g/mol. The smallest absolute Gasteiger partial charge is 0.261 e. The largest absolute Gasteiger partial charge is 0.396 e. The Kier molecular flexibility index (Phi) is 3.59. The van der Waals surface area contributed by atoms with Crippen molar-refractivity contribution in [2.75, 3.05) is 6.61 Å². The van der Waals surface area contributed by atoms with E-state index in [4.69, 9.17) is 5.11 Å². The monoisotopic (exact) mass is 296 g/mol. The minimum atomic E-state index is -0.0669. The summed E-state index contributed by atoms with van der Waals surface area (Å²) in [6.07, 6.45) is 1.53. The van der Waals surface area contributed by atoms with Crippen molar-refractivity contribution in [1.82, 2.24) is 9.55 Å². The molecule has 0 aliphatic rings. The zero-order chi connectivity index (χ0) is 12.4. The highest BCUT2D eigenvalue weighted by molar-refractivity contribution is 9.10. The van der Waals surface area contributed by atoms with Crippen LogP contribution in [0.5, 0.6) is 0 Å². The fourth-order valence-electron chi connectivity index (χ4n) is 1.66. The van der Waals surface area contributed by atoms with Crippen molar-refractivity contribution in [1.29, 1.82) is 0 Å². The Morgan fingerprint density at radius 2 is 2.29 bits per heavy atom. The van der Waals surface area contributed by atoms with Crippen molar-refractivity contribution in [3.8, 4) is 0 Å². The lowest BCUT2D eigenvalue weighted by Crippen LogP contribution is -2.24. The quantitative estimate of drug-likeness (QED) is 0.939. The number of hydrogen-bond acceptors (Lipinski definition) is 3. The van der Waals surface area contributed by atoms with Gasteiger partial charge in [-0.25, -0.2) is 4.98 Å². The summed E-state index contributed by atoms with van der Waals surface area (Å²) >= 11 is 3.35. The number of nitrogens with zero attached hydrogens (tertiary/aromatic N) is 2. The molecule has 4 nitrogen and oxygen atoms in total. The molecule has 1 aromatic carbocycles. The van der Waals surface area contributed by atoms with Crippen molar-refractivity contribution in [3.63, 3.8) is 0 Å². The van der Waals surface area contributed by atoms with Gasteiger partial charge in [-0.1, -0.05) is 22.9 Å². The van der Waals surface area contributed by atoms with Gasteiger partial charge in [-0.3, -0.25) is 9.36 Å². The van der Waals surface area contributed by atoms with Crippen LogP contribution >= 0.6 is 15.9 Å². The van der Waals surface area contributed by atoms with E-state index in [1.807, 2.05) is 19.1 Å². The van der Waals surface area contributed by atoms with E-state index in [0.29, 0.717) is 17.4 Å². The second-order valence-corrected chi connectivity index (χ2v) is 5.07. The van der Waals surface area contributed by atoms with E-state index in [1.165, 1.54) is 10.9 Å². The van der Waals surface area contributed by atoms with Crippen molar-refractivity contribution in [2.24, 2.45) is 5.92 Å². The van der Waals surface area contributed by atoms with E-state index in [9.17, 15) is 4.79 Å². The standard InChI is InChI=1S/C12H13BrN2O2/c1-8(6-16)5-15-7-14-11-4-9(13)2-3-10(11)12(15)17/h2-4,7-8,16H,5-6H2,1H3. The molecule has 1 unspecified atom stereocenters. The van der Waals surface area contributed by atoms with E-state index in [2.05, 4.69) is 20.9 Å². The van der Waals surface area contributed by atoms with Gasteiger partial charge in [-0.15, -0.1) is 0 Å². The molecule has 0 amide bonds. The second-order valence-electron chi connectivity index (χ2n) is 4.15. The predicted octanol–water partition coefficient (Wildman–Crippen LogP) is 1.79. The lowest BCUT2D eigenvalue weighted by Gasteiger charge is -2.10. The van der Waals surface area contributed by atoms with Gasteiger partial charge in [0, 0.05) is 17.6 Å². The maximum Gasteiger partial charge on any atom is 0.261 e. The van der Waals surface area contributed by atoms with Crippen molar-refractivity contribution < 1.29 is 5.11 Å². The summed E-state index contributed by atoms with van der Waals surface area (Å²) in [6.45, 7) is 2.43. The topological polar surface area (TPSA) is 55.1 Å². The van der Waals surface area contributed by atoms with Crippen LogP contribution < -0.4 is 5.56 Å². The average Bonchev–Trinajstić information content (AvgIpc) is 2.32. The van der Waals surface area contributed by atoms with Crippen LogP contribution in [0.2, 0.25) is 0 Å². The third kappa shape index (κ3) is 2.56. The Morgan fingerprint density at radius 3 is 3.00 bits per heavy atom. The summed E-state index contributed by atoms with van der Waals surface area (Å²) in [4.78, 5) is 16.4. The molecule has 0 aliphatic heterocycles. The molecular formula is C12H13BrN2O2. The number of aliphatic hydroxyl groups excluding tert-OH is 1. The van der Waals surface area contributed by atoms with Gasteiger partial charge >= 0.3 is 0 Å². The lowest BCUT2D eigenvalue weighted by atomic mass is 10.2. The van der Waals surface area contributed by atoms with Crippen molar-refractivity contribution in [2.45, 2.75) is 13.5 Å². The van der Waals surface area contributed by atoms with Gasteiger partial charge in [0.25, 0.3) is 5.56 Å². The molecule has 1 heterocycles. The summed E-state index contributed by atoms with van der Waals surface area (Å²) in [6, 6.07) is 5.40. The minimum absolute atomic E-state index is 0.0439. The molecule has 1 atom stereocenters. The van der Waals surface area contributed by atoms with Crippen molar-refractivity contribution >= 4 is 26.8 Å². The van der Waals surface area contributed by atoms with Gasteiger partial charge in [0.1, 0.15) is 0 Å². The van der Waals surface area contributed by atoms with Crippen LogP contribution in [-0.4, -0.2) is 21.3 Å². The van der Waals surface area contributed by atoms with Crippen molar-refractivity contribution in [3.05, 3.63) is 39.4 Å². The fraction of sp³-hybridized carbons (Fsp3) is 0.333. The normalized spacial score (nSPS) is 12.9. The second kappa shape index (κ2) is 4.98. The van der Waals surface area contributed by atoms with Gasteiger partial charge < -0.3 is 5.11 Å². The predicted molar refractivity (Wildman–Crippen MR) is 70.0 cm³/mol. The number of aromatic nitrogens is 2. The zero-order valence-corrected chi connectivity index (χ0v) is 11.0. The van der Waals surface area contributed by atoms with Gasteiger partial charge in [0.05, 0.1) is 17.2 Å². The van der Waals surface area contributed by atoms with Crippen LogP contribution in [0, 0.1) is 5.92 Å². The lowest BCUT2D eigenvalue weighted by molar-refractivity contribution is 0.221. The van der Waals surface area contributed by atoms with E-state index < -0.39 is 0 Å². The molecule has 0 saturated carbocycles. The average molecular weight is 297 g/mol. The third-order valence-electron chi connectivity index (χ3n) is 2.61. The Morgan fingerprint density at radius 1 is 1.53 bits per heavy atom. The number of aliphatic hydroxyl groups is 1. The fourth-order valence-corrected chi connectivity index (χ4v) is 2.00. The van der Waals surface area contributed by atoms with Gasteiger partial charge in [0.15, 0.2) is 0 Å². The summed E-state index contributed by atoms with van der Waals surface area (Å²) in [5.74, 6) is 0.0439. The molecule has 17 heavy (non-hydrogen) atoms. The Bertz CT molecular complexity index is 595. The molecule has 1 aromatic heterocycles. The summed E-state index contributed by atoms with van der Waals surface area (Å²) in [7, 11) is 0. The maximum absolute atomic E-state index is 12.1. The van der Waals surface area contributed by atoms with E-state index in [0.717, 1.165) is 4.47 Å². The van der Waals surface area contributed by atoms with Crippen LogP contribution in [-0.2, 0) is 6.54 Å². The van der Waals surface area contributed by atoms with Gasteiger partial charge in [-0.2, -0.15) is 0 Å². The minimum Gasteiger partial charge on any atom is -0.396 e. The first-order chi connectivity index (χ1) is 8.11. The Balaban J connectivity index is 2.51. The first kappa shape index (κ1) is 12.3. The molecule has 0 saturated heterocycles. The first-order valence-corrected chi connectivity index (χ1v) is 6.16. The van der Waals surface area contributed by atoms with Crippen LogP contribution in [0.1, 0.15) is 6.92 Å². The SMILES string of the molecule is CC(CO)Cn1cnc2cc(Br)ccc2c1=O. The molecule has 0 bridgehead atoms. The molecule has 90 valence electrons. The maximum atomic E-state index is 12.1. The Hall–Kier alpha value is -1.20. The summed E-state index contributed by atoms with van der Waals surface area (Å²) in [5.41, 5.74) is 0.611. The third-order valence-corrected chi connectivity index (χ3v) is 3.10. The zero-order valence-electron chi connectivity index (χ0n) is 9.43. The highest BCUT2D eigenvalue weighted by Gasteiger charge is 2.07. The van der Waals surface area contributed by atoms with Gasteiger partial charge in [0.2, 0.25) is 0 Å². The van der Waals surface area contributed by atoms with Crippen LogP contribution in [0.3, 0.4) is 0 Å². The number of rotatable bonds is 3. The number of hydrogen-bond donors (Lipinski definition) is 1. The highest BCUT2D eigenvalue weighted by Crippen LogP contribution is 2.15. The van der Waals surface area contributed by atoms with E-state index in [-0.39, 0.29) is 18.1 Å². The number of fused-ring (bicyclic) bond motifs is 1. The molecule has 0 radical (unpaired) electrons. The molecule has 5 heteroatoms. The molecule has 0 aliphatic carbocycles.